The molecule has 0 radical (unpaired) electrons. The molecule has 5 heteroatoms. The molecule has 0 aliphatic carbocycles. The molecule has 0 fully saturated rings. The van der Waals surface area contributed by atoms with E-state index < -0.39 is 5.97 Å². The number of hydrogen-bond acceptors (Lipinski definition) is 5. The van der Waals surface area contributed by atoms with Crippen molar-refractivity contribution < 1.29 is 24.1 Å². The molecule has 1 heterocycles. The van der Waals surface area contributed by atoms with Crippen LogP contribution in [0, 0.1) is 0 Å². The topological polar surface area (TPSA) is 65.0 Å². The largest absolute Gasteiger partial charge is 0.507 e. The smallest absolute Gasteiger partial charge is 0.342 e. The standard InChI is InChI=1S/C30H32O5/c1-22-17-26(33-20-23-11-5-2-6-12-23)16-10-4-9-15-25-18-27(19-28(31)29(25)30(32)35-22)34-21-24-13-7-3-8-14-24/h2-9,11-14,18-19,22,26,31H,10,15-17,20-21H2,1H3/b9-4+/t22-,26?/m1/s1. The maximum Gasteiger partial charge on any atom is 0.342 e. The molecule has 2 atom stereocenters. The Hall–Kier alpha value is -3.57. The van der Waals surface area contributed by atoms with Gasteiger partial charge in [0, 0.05) is 12.5 Å². The first-order chi connectivity index (χ1) is 17.1. The summed E-state index contributed by atoms with van der Waals surface area (Å²) in [5.74, 6) is -0.152. The van der Waals surface area contributed by atoms with E-state index in [1.807, 2.05) is 79.7 Å². The van der Waals surface area contributed by atoms with Gasteiger partial charge in [-0.25, -0.2) is 4.79 Å². The lowest BCUT2D eigenvalue weighted by Crippen LogP contribution is -2.24. The molecule has 0 amide bonds. The van der Waals surface area contributed by atoms with Gasteiger partial charge in [0.1, 0.15) is 29.8 Å². The quantitative estimate of drug-likeness (QED) is 0.333. The van der Waals surface area contributed by atoms with Gasteiger partial charge in [-0.2, -0.15) is 0 Å². The molecule has 0 spiro atoms. The SMILES string of the molecule is C[C@@H]1CC(OCc2ccccc2)CC/C=C/Cc2cc(OCc3ccccc3)cc(O)c2C(=O)O1. The van der Waals surface area contributed by atoms with Gasteiger partial charge in [-0.05, 0) is 48.9 Å². The Morgan fingerprint density at radius 3 is 2.34 bits per heavy atom. The Kier molecular flexibility index (Phi) is 8.58. The van der Waals surface area contributed by atoms with E-state index in [0.717, 1.165) is 24.0 Å². The maximum absolute atomic E-state index is 13.0. The number of hydrogen-bond donors (Lipinski definition) is 1. The summed E-state index contributed by atoms with van der Waals surface area (Å²) in [6.45, 7) is 2.76. The highest BCUT2D eigenvalue weighted by Crippen LogP contribution is 2.31. The minimum Gasteiger partial charge on any atom is -0.507 e. The molecule has 35 heavy (non-hydrogen) atoms. The van der Waals surface area contributed by atoms with E-state index in [0.29, 0.717) is 37.4 Å². The molecule has 0 saturated heterocycles. The van der Waals surface area contributed by atoms with E-state index in [-0.39, 0.29) is 23.5 Å². The van der Waals surface area contributed by atoms with Crippen LogP contribution in [0.25, 0.3) is 0 Å². The van der Waals surface area contributed by atoms with Crippen LogP contribution in [0.5, 0.6) is 11.5 Å². The Bertz CT molecular complexity index is 1120. The van der Waals surface area contributed by atoms with E-state index in [1.54, 1.807) is 0 Å². The van der Waals surface area contributed by atoms with E-state index in [9.17, 15) is 9.90 Å². The number of phenols is 1. The average Bonchev–Trinajstić information content (AvgIpc) is 2.86. The highest BCUT2D eigenvalue weighted by molar-refractivity contribution is 5.94. The molecule has 1 unspecified atom stereocenters. The number of carbonyl (C=O) groups is 1. The van der Waals surface area contributed by atoms with Gasteiger partial charge in [0.25, 0.3) is 0 Å². The van der Waals surface area contributed by atoms with Gasteiger partial charge in [0.05, 0.1) is 12.7 Å². The summed E-state index contributed by atoms with van der Waals surface area (Å²) in [6, 6.07) is 23.2. The minimum atomic E-state index is -0.532. The molecular formula is C30H32O5. The molecule has 0 saturated carbocycles. The maximum atomic E-state index is 13.0. The summed E-state index contributed by atoms with van der Waals surface area (Å²) < 4.78 is 17.8. The minimum absolute atomic E-state index is 0.0380. The van der Waals surface area contributed by atoms with Crippen LogP contribution in [0.1, 0.15) is 53.2 Å². The van der Waals surface area contributed by atoms with Crippen LogP contribution in [0.3, 0.4) is 0 Å². The summed E-state index contributed by atoms with van der Waals surface area (Å²) in [5, 5.41) is 10.7. The first kappa shape index (κ1) is 24.6. The molecule has 3 aromatic carbocycles. The first-order valence-corrected chi connectivity index (χ1v) is 12.1. The van der Waals surface area contributed by atoms with Gasteiger partial charge in [-0.3, -0.25) is 0 Å². The normalized spacial score (nSPS) is 19.5. The lowest BCUT2D eigenvalue weighted by molar-refractivity contribution is -0.0115. The number of fused-ring (bicyclic) bond motifs is 1. The van der Waals surface area contributed by atoms with Crippen molar-refractivity contribution in [1.82, 2.24) is 0 Å². The van der Waals surface area contributed by atoms with E-state index >= 15 is 0 Å². The number of aromatic hydroxyl groups is 1. The predicted octanol–water partition coefficient (Wildman–Crippen LogP) is 6.38. The summed E-state index contributed by atoms with van der Waals surface area (Å²) in [5.41, 5.74) is 3.01. The van der Waals surface area contributed by atoms with Crippen molar-refractivity contribution in [2.45, 2.75) is 58.0 Å². The molecule has 0 bridgehead atoms. The molecule has 3 aromatic rings. The Morgan fingerprint density at radius 1 is 0.943 bits per heavy atom. The molecule has 1 aliphatic rings. The van der Waals surface area contributed by atoms with Crippen molar-refractivity contribution in [3.05, 3.63) is 107 Å². The summed E-state index contributed by atoms with van der Waals surface area (Å²) in [7, 11) is 0. The second-order valence-corrected chi connectivity index (χ2v) is 8.87. The second-order valence-electron chi connectivity index (χ2n) is 8.87. The van der Waals surface area contributed by atoms with E-state index in [1.165, 1.54) is 6.07 Å². The summed E-state index contributed by atoms with van der Waals surface area (Å²) in [6.07, 6.45) is 6.50. The number of phenolic OH excluding ortho intramolecular Hbond substituents is 1. The number of cyclic esters (lactones) is 1. The Balaban J connectivity index is 1.46. The fraction of sp³-hybridized carbons (Fsp3) is 0.300. The van der Waals surface area contributed by atoms with Crippen molar-refractivity contribution in [2.75, 3.05) is 0 Å². The molecule has 4 rings (SSSR count). The molecular weight excluding hydrogens is 440 g/mol. The zero-order valence-electron chi connectivity index (χ0n) is 20.1. The molecule has 1 N–H and O–H groups in total. The molecule has 5 nitrogen and oxygen atoms in total. The first-order valence-electron chi connectivity index (χ1n) is 12.1. The highest BCUT2D eigenvalue weighted by Gasteiger charge is 2.24. The number of carbonyl (C=O) groups excluding carboxylic acids is 1. The third-order valence-electron chi connectivity index (χ3n) is 6.02. The number of esters is 1. The van der Waals surface area contributed by atoms with Crippen molar-refractivity contribution in [1.29, 1.82) is 0 Å². The fourth-order valence-electron chi connectivity index (χ4n) is 4.21. The van der Waals surface area contributed by atoms with Gasteiger partial charge in [0.2, 0.25) is 0 Å². The summed E-state index contributed by atoms with van der Waals surface area (Å²) >= 11 is 0. The van der Waals surface area contributed by atoms with Crippen LogP contribution < -0.4 is 4.74 Å². The van der Waals surface area contributed by atoms with Crippen molar-refractivity contribution in [2.24, 2.45) is 0 Å². The van der Waals surface area contributed by atoms with Crippen molar-refractivity contribution >= 4 is 5.97 Å². The zero-order chi connectivity index (χ0) is 24.5. The number of ether oxygens (including phenoxy) is 3. The van der Waals surface area contributed by atoms with Crippen LogP contribution in [0.4, 0.5) is 0 Å². The van der Waals surface area contributed by atoms with Gasteiger partial charge < -0.3 is 19.3 Å². The lowest BCUT2D eigenvalue weighted by atomic mass is 10.0. The molecule has 182 valence electrons. The third-order valence-corrected chi connectivity index (χ3v) is 6.02. The predicted molar refractivity (Wildman–Crippen MR) is 135 cm³/mol. The highest BCUT2D eigenvalue weighted by atomic mass is 16.5. The lowest BCUT2D eigenvalue weighted by Gasteiger charge is -2.23. The van der Waals surface area contributed by atoms with Crippen LogP contribution in [0.15, 0.2) is 84.9 Å². The van der Waals surface area contributed by atoms with Crippen molar-refractivity contribution in [3.63, 3.8) is 0 Å². The number of rotatable bonds is 6. The van der Waals surface area contributed by atoms with Crippen LogP contribution >= 0.6 is 0 Å². The van der Waals surface area contributed by atoms with Gasteiger partial charge in [-0.15, -0.1) is 0 Å². The third kappa shape index (κ3) is 7.20. The monoisotopic (exact) mass is 472 g/mol. The molecule has 1 aliphatic heterocycles. The van der Waals surface area contributed by atoms with Gasteiger partial charge >= 0.3 is 5.97 Å². The second kappa shape index (κ2) is 12.2. The Morgan fingerprint density at radius 2 is 1.63 bits per heavy atom. The van der Waals surface area contributed by atoms with Gasteiger partial charge in [0.15, 0.2) is 0 Å². The van der Waals surface area contributed by atoms with Crippen molar-refractivity contribution in [3.8, 4) is 11.5 Å². The van der Waals surface area contributed by atoms with Crippen LogP contribution in [0.2, 0.25) is 0 Å². The van der Waals surface area contributed by atoms with E-state index in [4.69, 9.17) is 14.2 Å². The zero-order valence-corrected chi connectivity index (χ0v) is 20.1. The van der Waals surface area contributed by atoms with E-state index in [2.05, 4.69) is 6.08 Å². The van der Waals surface area contributed by atoms with Gasteiger partial charge in [-0.1, -0.05) is 72.8 Å². The average molecular weight is 473 g/mol. The number of allylic oxidation sites excluding steroid dienone is 2. The van der Waals surface area contributed by atoms with Crippen LogP contribution in [-0.4, -0.2) is 23.3 Å². The Labute approximate surface area is 207 Å². The fourth-order valence-corrected chi connectivity index (χ4v) is 4.21. The summed E-state index contributed by atoms with van der Waals surface area (Å²) in [4.78, 5) is 13.0. The number of benzene rings is 3. The van der Waals surface area contributed by atoms with Crippen LogP contribution in [-0.2, 0) is 29.1 Å². The molecule has 0 aromatic heterocycles.